The van der Waals surface area contributed by atoms with Gasteiger partial charge in [0.05, 0.1) is 39.0 Å². The Morgan fingerprint density at radius 1 is 1.10 bits per heavy atom. The third kappa shape index (κ3) is 3.47. The molecule has 1 N–H and O–H groups in total. The molecule has 0 unspecified atom stereocenters. The van der Waals surface area contributed by atoms with Crippen molar-refractivity contribution in [3.63, 3.8) is 0 Å². The summed E-state index contributed by atoms with van der Waals surface area (Å²) in [6.07, 6.45) is 7.12. The monoisotopic (exact) mass is 343 g/mol. The molecule has 0 spiro atoms. The molecule has 0 amide bonds. The van der Waals surface area contributed by atoms with Gasteiger partial charge in [-0.3, -0.25) is 4.68 Å². The number of nitrogens with zero attached hydrogens (tertiary/aromatic N) is 2. The largest absolute Gasteiger partial charge is 0.378 e. The minimum Gasteiger partial charge on any atom is -0.378 e. The Morgan fingerprint density at radius 2 is 1.81 bits per heavy atom. The summed E-state index contributed by atoms with van der Waals surface area (Å²) in [6, 6.07) is 5.98. The van der Waals surface area contributed by atoms with Crippen molar-refractivity contribution in [1.29, 1.82) is 0 Å². The first-order chi connectivity index (χ1) is 10.1. The summed E-state index contributed by atoms with van der Waals surface area (Å²) in [7, 11) is 0. The van der Waals surface area contributed by atoms with Crippen LogP contribution in [0, 0.1) is 0 Å². The topological polar surface area (TPSA) is 29.9 Å². The van der Waals surface area contributed by atoms with Crippen LogP contribution in [0.4, 0.5) is 5.69 Å². The highest BCUT2D eigenvalue weighted by Gasteiger charge is 2.17. The molecule has 1 saturated carbocycles. The van der Waals surface area contributed by atoms with E-state index in [1.165, 1.54) is 25.7 Å². The van der Waals surface area contributed by atoms with Crippen LogP contribution in [-0.4, -0.2) is 9.78 Å². The van der Waals surface area contributed by atoms with Crippen molar-refractivity contribution >= 4 is 40.5 Å². The summed E-state index contributed by atoms with van der Waals surface area (Å²) < 4.78 is 2.08. The highest BCUT2D eigenvalue weighted by Crippen LogP contribution is 2.32. The Bertz CT molecular complexity index is 633. The van der Waals surface area contributed by atoms with E-state index in [1.807, 2.05) is 6.07 Å². The van der Waals surface area contributed by atoms with Crippen molar-refractivity contribution in [3.05, 3.63) is 45.2 Å². The van der Waals surface area contributed by atoms with Crippen molar-refractivity contribution in [1.82, 2.24) is 9.78 Å². The van der Waals surface area contributed by atoms with Crippen molar-refractivity contribution < 1.29 is 0 Å². The zero-order chi connectivity index (χ0) is 14.8. The molecule has 3 rings (SSSR count). The first-order valence-electron chi connectivity index (χ1n) is 7.06. The maximum atomic E-state index is 6.15. The normalized spacial score (nSPS) is 15.6. The third-order valence-corrected chi connectivity index (χ3v) is 4.87. The number of aromatic nitrogens is 2. The van der Waals surface area contributed by atoms with E-state index in [1.54, 1.807) is 12.1 Å². The van der Waals surface area contributed by atoms with Gasteiger partial charge >= 0.3 is 0 Å². The molecule has 0 saturated heterocycles. The molecule has 0 radical (unpaired) electrons. The summed E-state index contributed by atoms with van der Waals surface area (Å²) in [5.74, 6) is 0. The van der Waals surface area contributed by atoms with E-state index in [0.29, 0.717) is 27.7 Å². The van der Waals surface area contributed by atoms with Crippen LogP contribution < -0.4 is 5.32 Å². The van der Waals surface area contributed by atoms with Crippen molar-refractivity contribution in [2.24, 2.45) is 0 Å². The molecule has 3 nitrogen and oxygen atoms in total. The highest BCUT2D eigenvalue weighted by molar-refractivity contribution is 6.44. The van der Waals surface area contributed by atoms with E-state index < -0.39 is 0 Å². The predicted molar refractivity (Wildman–Crippen MR) is 88.5 cm³/mol. The molecular formula is C15H16Cl3N3. The number of nitrogens with one attached hydrogen (secondary N) is 1. The fraction of sp³-hybridized carbons (Fsp3) is 0.400. The molecular weight excluding hydrogens is 329 g/mol. The second kappa shape index (κ2) is 6.47. The lowest BCUT2D eigenvalue weighted by Crippen LogP contribution is -2.07. The van der Waals surface area contributed by atoms with Crippen LogP contribution in [-0.2, 0) is 6.54 Å². The van der Waals surface area contributed by atoms with Gasteiger partial charge in [0.15, 0.2) is 0 Å². The number of hydrogen-bond donors (Lipinski definition) is 1. The van der Waals surface area contributed by atoms with Gasteiger partial charge in [-0.15, -0.1) is 0 Å². The molecule has 0 bridgehead atoms. The van der Waals surface area contributed by atoms with Crippen LogP contribution in [0.5, 0.6) is 0 Å². The number of halogens is 3. The quantitative estimate of drug-likeness (QED) is 0.735. The van der Waals surface area contributed by atoms with E-state index in [-0.39, 0.29) is 0 Å². The van der Waals surface area contributed by atoms with E-state index in [4.69, 9.17) is 34.8 Å². The fourth-order valence-electron chi connectivity index (χ4n) is 2.69. The molecule has 1 aliphatic carbocycles. The molecule has 0 aliphatic heterocycles. The van der Waals surface area contributed by atoms with E-state index in [9.17, 15) is 0 Å². The van der Waals surface area contributed by atoms with Crippen LogP contribution >= 0.6 is 34.8 Å². The van der Waals surface area contributed by atoms with E-state index in [2.05, 4.69) is 21.3 Å². The minimum atomic E-state index is 0.456. The van der Waals surface area contributed by atoms with Gasteiger partial charge in [0.2, 0.25) is 0 Å². The molecule has 2 aromatic rings. The standard InChI is InChI=1S/C15H16Cl3N3/c16-12-7-14(18)15(8-13(12)17)19-9-10-5-6-21(20-10)11-3-1-2-4-11/h5-8,11,19H,1-4,9H2. The molecule has 1 fully saturated rings. The first-order valence-corrected chi connectivity index (χ1v) is 8.19. The zero-order valence-electron chi connectivity index (χ0n) is 11.5. The summed E-state index contributed by atoms with van der Waals surface area (Å²) in [5, 5.41) is 9.38. The smallest absolute Gasteiger partial charge is 0.0815 e. The molecule has 1 aromatic carbocycles. The Morgan fingerprint density at radius 3 is 2.57 bits per heavy atom. The van der Waals surface area contributed by atoms with Gasteiger partial charge in [-0.25, -0.2) is 0 Å². The van der Waals surface area contributed by atoms with E-state index >= 15 is 0 Å². The summed E-state index contributed by atoms with van der Waals surface area (Å²) >= 11 is 18.1. The minimum absolute atomic E-state index is 0.456. The number of benzene rings is 1. The van der Waals surface area contributed by atoms with Gasteiger partial charge in [-0.1, -0.05) is 47.6 Å². The second-order valence-electron chi connectivity index (χ2n) is 5.33. The maximum absolute atomic E-state index is 6.15. The Hall–Kier alpha value is -0.900. The van der Waals surface area contributed by atoms with Crippen LogP contribution in [0.2, 0.25) is 15.1 Å². The summed E-state index contributed by atoms with van der Waals surface area (Å²) in [6.45, 7) is 0.609. The lowest BCUT2D eigenvalue weighted by atomic mass is 10.3. The summed E-state index contributed by atoms with van der Waals surface area (Å²) in [5.41, 5.74) is 1.76. The van der Waals surface area contributed by atoms with Crippen LogP contribution in [0.15, 0.2) is 24.4 Å². The zero-order valence-corrected chi connectivity index (χ0v) is 13.7. The first kappa shape index (κ1) is 15.0. The van der Waals surface area contributed by atoms with Gasteiger partial charge in [0.25, 0.3) is 0 Å². The lowest BCUT2D eigenvalue weighted by molar-refractivity contribution is 0.463. The fourth-order valence-corrected chi connectivity index (χ4v) is 3.30. The number of hydrogen-bond acceptors (Lipinski definition) is 2. The molecule has 6 heteroatoms. The van der Waals surface area contributed by atoms with Gasteiger partial charge < -0.3 is 5.32 Å². The predicted octanol–water partition coefficient (Wildman–Crippen LogP) is 5.57. The van der Waals surface area contributed by atoms with Crippen molar-refractivity contribution in [3.8, 4) is 0 Å². The average molecular weight is 345 g/mol. The molecule has 112 valence electrons. The molecule has 1 heterocycles. The molecule has 0 atom stereocenters. The Balaban J connectivity index is 1.66. The number of rotatable bonds is 4. The maximum Gasteiger partial charge on any atom is 0.0815 e. The van der Waals surface area contributed by atoms with Gasteiger partial charge in [0.1, 0.15) is 0 Å². The molecule has 1 aromatic heterocycles. The van der Waals surface area contributed by atoms with Crippen molar-refractivity contribution in [2.45, 2.75) is 38.3 Å². The highest BCUT2D eigenvalue weighted by atomic mass is 35.5. The van der Waals surface area contributed by atoms with Crippen LogP contribution in [0.1, 0.15) is 37.4 Å². The second-order valence-corrected chi connectivity index (χ2v) is 6.55. The molecule has 21 heavy (non-hydrogen) atoms. The average Bonchev–Trinajstić information content (AvgIpc) is 3.11. The lowest BCUT2D eigenvalue weighted by Gasteiger charge is -2.10. The van der Waals surface area contributed by atoms with E-state index in [0.717, 1.165) is 11.4 Å². The Kier molecular flexibility index (Phi) is 4.63. The molecule has 1 aliphatic rings. The van der Waals surface area contributed by atoms with Crippen LogP contribution in [0.25, 0.3) is 0 Å². The van der Waals surface area contributed by atoms with Gasteiger partial charge in [-0.2, -0.15) is 5.10 Å². The Labute approximate surface area is 139 Å². The summed E-state index contributed by atoms with van der Waals surface area (Å²) in [4.78, 5) is 0. The third-order valence-electron chi connectivity index (χ3n) is 3.83. The van der Waals surface area contributed by atoms with Crippen molar-refractivity contribution in [2.75, 3.05) is 5.32 Å². The SMILES string of the molecule is Clc1cc(Cl)c(NCc2ccn(C3CCCC3)n2)cc1Cl. The van der Waals surface area contributed by atoms with Crippen LogP contribution in [0.3, 0.4) is 0 Å². The van der Waals surface area contributed by atoms with Gasteiger partial charge in [0, 0.05) is 6.20 Å². The van der Waals surface area contributed by atoms with Gasteiger partial charge in [-0.05, 0) is 31.0 Å². The number of anilines is 1.